The zero-order valence-corrected chi connectivity index (χ0v) is 8.16. The maximum absolute atomic E-state index is 11.6. The lowest BCUT2D eigenvalue weighted by Crippen LogP contribution is -2.44. The molecule has 1 atom stereocenters. The number of aromatic amines is 1. The maximum Gasteiger partial charge on any atom is 0.239 e. The monoisotopic (exact) mass is 194 g/mol. The molecule has 0 fully saturated rings. The van der Waals surface area contributed by atoms with E-state index >= 15 is 0 Å². The van der Waals surface area contributed by atoms with E-state index in [4.69, 9.17) is 5.73 Å². The van der Waals surface area contributed by atoms with Crippen LogP contribution in [0.25, 0.3) is 0 Å². The Morgan fingerprint density at radius 2 is 2.57 bits per heavy atom. The summed E-state index contributed by atoms with van der Waals surface area (Å²) in [6.45, 7) is 3.06. The second-order valence-corrected chi connectivity index (χ2v) is 3.67. The van der Waals surface area contributed by atoms with Crippen molar-refractivity contribution in [2.24, 2.45) is 5.73 Å². The Bertz CT molecular complexity index is 344. The third kappa shape index (κ3) is 1.50. The molecule has 3 N–H and O–H groups in total. The third-order valence-electron chi connectivity index (χ3n) is 2.51. The number of H-pyrrole nitrogens is 1. The number of nitrogens with one attached hydrogen (secondary N) is 1. The summed E-state index contributed by atoms with van der Waals surface area (Å²) in [5, 5.41) is 6.84. The van der Waals surface area contributed by atoms with Gasteiger partial charge in [0.25, 0.3) is 0 Å². The summed E-state index contributed by atoms with van der Waals surface area (Å²) < 4.78 is 0. The molecule has 5 nitrogen and oxygen atoms in total. The summed E-state index contributed by atoms with van der Waals surface area (Å²) in [6, 6.07) is -0.417. The molecule has 1 aliphatic heterocycles. The number of rotatable bonds is 1. The highest BCUT2D eigenvalue weighted by atomic mass is 16.2. The molecule has 1 aliphatic rings. The number of hydrogen-bond acceptors (Lipinski definition) is 3. The number of hydrogen-bond donors (Lipinski definition) is 2. The van der Waals surface area contributed by atoms with Crippen molar-refractivity contribution in [2.45, 2.75) is 25.9 Å². The van der Waals surface area contributed by atoms with Gasteiger partial charge in [-0.2, -0.15) is 5.10 Å². The fourth-order valence-electron chi connectivity index (χ4n) is 1.69. The largest absolute Gasteiger partial charge is 0.335 e. The molecule has 2 heterocycles. The van der Waals surface area contributed by atoms with Gasteiger partial charge in [-0.05, 0) is 18.9 Å². The first-order valence-corrected chi connectivity index (χ1v) is 4.74. The van der Waals surface area contributed by atoms with Crippen LogP contribution < -0.4 is 5.73 Å². The Labute approximate surface area is 82.3 Å². The summed E-state index contributed by atoms with van der Waals surface area (Å²) in [5.74, 6) is 0.00486. The molecule has 14 heavy (non-hydrogen) atoms. The van der Waals surface area contributed by atoms with Gasteiger partial charge in [0.2, 0.25) is 5.91 Å². The van der Waals surface area contributed by atoms with Gasteiger partial charge in [-0.15, -0.1) is 0 Å². The molecule has 1 amide bonds. The SMILES string of the molecule is C[C@H](N)C(=O)N1CCc2cn[nH]c2C1. The number of fused-ring (bicyclic) bond motifs is 1. The van der Waals surface area contributed by atoms with Crippen LogP contribution >= 0.6 is 0 Å². The van der Waals surface area contributed by atoms with Crippen molar-refractivity contribution >= 4 is 5.91 Å². The molecule has 0 unspecified atom stereocenters. The topological polar surface area (TPSA) is 75.0 Å². The summed E-state index contributed by atoms with van der Waals surface area (Å²) in [6.07, 6.45) is 2.69. The lowest BCUT2D eigenvalue weighted by atomic mass is 10.1. The summed E-state index contributed by atoms with van der Waals surface area (Å²) >= 11 is 0. The zero-order chi connectivity index (χ0) is 10.1. The molecule has 76 valence electrons. The van der Waals surface area contributed by atoms with Crippen molar-refractivity contribution in [2.75, 3.05) is 6.54 Å². The highest BCUT2D eigenvalue weighted by Gasteiger charge is 2.23. The average Bonchev–Trinajstić information content (AvgIpc) is 2.62. The highest BCUT2D eigenvalue weighted by Crippen LogP contribution is 2.16. The fourth-order valence-corrected chi connectivity index (χ4v) is 1.69. The minimum absolute atomic E-state index is 0.00486. The number of nitrogens with zero attached hydrogens (tertiary/aromatic N) is 2. The number of carbonyl (C=O) groups is 1. The Hall–Kier alpha value is -1.36. The van der Waals surface area contributed by atoms with Crippen molar-refractivity contribution in [1.29, 1.82) is 0 Å². The lowest BCUT2D eigenvalue weighted by Gasteiger charge is -2.27. The van der Waals surface area contributed by atoms with Gasteiger partial charge in [-0.3, -0.25) is 9.89 Å². The van der Waals surface area contributed by atoms with Gasteiger partial charge < -0.3 is 10.6 Å². The predicted octanol–water partition coefficient (Wildman–Crippen LogP) is -0.358. The van der Waals surface area contributed by atoms with Crippen molar-refractivity contribution in [1.82, 2.24) is 15.1 Å². The Morgan fingerprint density at radius 3 is 3.29 bits per heavy atom. The van der Waals surface area contributed by atoms with Crippen LogP contribution in [0.5, 0.6) is 0 Å². The zero-order valence-electron chi connectivity index (χ0n) is 8.16. The average molecular weight is 194 g/mol. The van der Waals surface area contributed by atoms with E-state index in [0.717, 1.165) is 18.7 Å². The van der Waals surface area contributed by atoms with E-state index in [1.807, 2.05) is 6.20 Å². The second kappa shape index (κ2) is 3.42. The summed E-state index contributed by atoms with van der Waals surface area (Å²) in [7, 11) is 0. The molecular weight excluding hydrogens is 180 g/mol. The van der Waals surface area contributed by atoms with Gasteiger partial charge in [-0.25, -0.2) is 0 Å². The van der Waals surface area contributed by atoms with Crippen molar-refractivity contribution < 1.29 is 4.79 Å². The predicted molar refractivity (Wildman–Crippen MR) is 51.4 cm³/mol. The third-order valence-corrected chi connectivity index (χ3v) is 2.51. The standard InChI is InChI=1S/C9H14N4O/c1-6(10)9(14)13-3-2-7-4-11-12-8(7)5-13/h4,6H,2-3,5,10H2,1H3,(H,11,12)/t6-/m0/s1. The first kappa shape index (κ1) is 9.21. The molecule has 5 heteroatoms. The van der Waals surface area contributed by atoms with Crippen LogP contribution in [-0.2, 0) is 17.8 Å². The van der Waals surface area contributed by atoms with E-state index < -0.39 is 6.04 Å². The Balaban J connectivity index is 2.11. The molecule has 0 spiro atoms. The fraction of sp³-hybridized carbons (Fsp3) is 0.556. The molecule has 1 aromatic heterocycles. The van der Waals surface area contributed by atoms with Crippen molar-refractivity contribution in [3.05, 3.63) is 17.5 Å². The molecule has 0 aliphatic carbocycles. The quantitative estimate of drug-likeness (QED) is 0.641. The maximum atomic E-state index is 11.6. The van der Waals surface area contributed by atoms with Crippen LogP contribution in [0.1, 0.15) is 18.2 Å². The number of aromatic nitrogens is 2. The van der Waals surface area contributed by atoms with E-state index in [1.54, 1.807) is 11.8 Å². The summed E-state index contributed by atoms with van der Waals surface area (Å²) in [4.78, 5) is 13.4. The molecular formula is C9H14N4O. The highest BCUT2D eigenvalue weighted by molar-refractivity contribution is 5.81. The van der Waals surface area contributed by atoms with Gasteiger partial charge in [0.1, 0.15) is 0 Å². The van der Waals surface area contributed by atoms with Crippen LogP contribution in [0, 0.1) is 0 Å². The first-order chi connectivity index (χ1) is 6.68. The van der Waals surface area contributed by atoms with Gasteiger partial charge in [0.15, 0.2) is 0 Å². The molecule has 0 saturated carbocycles. The van der Waals surface area contributed by atoms with E-state index in [1.165, 1.54) is 5.56 Å². The first-order valence-electron chi connectivity index (χ1n) is 4.74. The molecule has 2 rings (SSSR count). The smallest absolute Gasteiger partial charge is 0.239 e. The number of amides is 1. The second-order valence-electron chi connectivity index (χ2n) is 3.67. The normalized spacial score (nSPS) is 17.7. The van der Waals surface area contributed by atoms with E-state index in [0.29, 0.717) is 6.54 Å². The van der Waals surface area contributed by atoms with Gasteiger partial charge in [0.05, 0.1) is 24.5 Å². The Kier molecular flexibility index (Phi) is 2.25. The van der Waals surface area contributed by atoms with Gasteiger partial charge in [0, 0.05) is 6.54 Å². The molecule has 0 radical (unpaired) electrons. The van der Waals surface area contributed by atoms with Gasteiger partial charge in [-0.1, -0.05) is 0 Å². The molecule has 0 aromatic carbocycles. The number of nitrogens with two attached hydrogens (primary N) is 1. The summed E-state index contributed by atoms with van der Waals surface area (Å²) in [5.41, 5.74) is 7.78. The molecule has 0 saturated heterocycles. The molecule has 0 bridgehead atoms. The molecule has 1 aromatic rings. The number of carbonyl (C=O) groups excluding carboxylic acids is 1. The van der Waals surface area contributed by atoms with Crippen molar-refractivity contribution in [3.63, 3.8) is 0 Å². The van der Waals surface area contributed by atoms with Crippen LogP contribution in [0.2, 0.25) is 0 Å². The van der Waals surface area contributed by atoms with Crippen LogP contribution in [0.3, 0.4) is 0 Å². The van der Waals surface area contributed by atoms with E-state index in [2.05, 4.69) is 10.2 Å². The minimum Gasteiger partial charge on any atom is -0.335 e. The van der Waals surface area contributed by atoms with Crippen molar-refractivity contribution in [3.8, 4) is 0 Å². The van der Waals surface area contributed by atoms with E-state index in [9.17, 15) is 4.79 Å². The lowest BCUT2D eigenvalue weighted by molar-refractivity contribution is -0.133. The Morgan fingerprint density at radius 1 is 1.79 bits per heavy atom. The van der Waals surface area contributed by atoms with Crippen LogP contribution in [-0.4, -0.2) is 33.6 Å². The van der Waals surface area contributed by atoms with Crippen LogP contribution in [0.4, 0.5) is 0 Å². The van der Waals surface area contributed by atoms with Gasteiger partial charge >= 0.3 is 0 Å². The minimum atomic E-state index is -0.417. The van der Waals surface area contributed by atoms with E-state index in [-0.39, 0.29) is 5.91 Å². The van der Waals surface area contributed by atoms with Crippen LogP contribution in [0.15, 0.2) is 6.20 Å².